The number of primary amides is 1. The molecular formula is C30H34N4O5. The van der Waals surface area contributed by atoms with Gasteiger partial charge in [0.2, 0.25) is 23.6 Å². The molecule has 0 fully saturated rings. The van der Waals surface area contributed by atoms with Gasteiger partial charge in [-0.15, -0.1) is 0 Å². The van der Waals surface area contributed by atoms with E-state index in [0.717, 1.165) is 11.1 Å². The molecule has 5 N–H and O–H groups in total. The third-order valence-corrected chi connectivity index (χ3v) is 6.03. The third kappa shape index (κ3) is 9.96. The minimum atomic E-state index is -0.868. The Morgan fingerprint density at radius 3 is 2.03 bits per heavy atom. The standard InChI is InChI=1S/C30H34N4O5/c1-20(29(31)37)8-17-28(36)34-27(30(38)33-25-13-11-24(12-14-25)32-21(2)35)18-22-9-15-26(16-10-22)39-19-23-6-4-3-5-7-23/h3-7,9-16,20,27H,8,17-19H2,1-2H3,(H2,31,37)(H,32,35)(H,33,38)(H,34,36). The number of amides is 4. The van der Waals surface area contributed by atoms with Gasteiger partial charge >= 0.3 is 0 Å². The summed E-state index contributed by atoms with van der Waals surface area (Å²) in [5.41, 5.74) is 8.29. The van der Waals surface area contributed by atoms with E-state index >= 15 is 0 Å². The second-order valence-electron chi connectivity index (χ2n) is 9.33. The minimum absolute atomic E-state index is 0.0611. The SMILES string of the molecule is CC(=O)Nc1ccc(NC(=O)C(Cc2ccc(OCc3ccccc3)cc2)NC(=O)CCC(C)C(N)=O)cc1. The normalized spacial score (nSPS) is 12.1. The maximum absolute atomic E-state index is 13.2. The zero-order valence-corrected chi connectivity index (χ0v) is 22.1. The van der Waals surface area contributed by atoms with Crippen molar-refractivity contribution < 1.29 is 23.9 Å². The van der Waals surface area contributed by atoms with E-state index in [1.54, 1.807) is 31.2 Å². The summed E-state index contributed by atoms with van der Waals surface area (Å²) in [6.45, 7) is 3.51. The number of carbonyl (C=O) groups excluding carboxylic acids is 4. The Kier molecular flexibility index (Phi) is 10.6. The van der Waals surface area contributed by atoms with E-state index in [4.69, 9.17) is 10.5 Å². The Balaban J connectivity index is 1.66. The van der Waals surface area contributed by atoms with Gasteiger partial charge in [0.05, 0.1) is 0 Å². The molecule has 0 aromatic heterocycles. The lowest BCUT2D eigenvalue weighted by Gasteiger charge is -2.19. The average molecular weight is 531 g/mol. The molecule has 9 heteroatoms. The summed E-state index contributed by atoms with van der Waals surface area (Å²) in [7, 11) is 0. The molecule has 0 aliphatic heterocycles. The van der Waals surface area contributed by atoms with Crippen molar-refractivity contribution in [3.8, 4) is 5.75 Å². The summed E-state index contributed by atoms with van der Waals surface area (Å²) in [4.78, 5) is 48.4. The van der Waals surface area contributed by atoms with Crippen LogP contribution < -0.4 is 26.4 Å². The van der Waals surface area contributed by atoms with Crippen molar-refractivity contribution in [3.05, 3.63) is 90.0 Å². The van der Waals surface area contributed by atoms with Crippen LogP contribution in [0.3, 0.4) is 0 Å². The molecule has 2 atom stereocenters. The molecule has 3 aromatic carbocycles. The number of hydrogen-bond acceptors (Lipinski definition) is 5. The Morgan fingerprint density at radius 2 is 1.44 bits per heavy atom. The number of carbonyl (C=O) groups is 4. The summed E-state index contributed by atoms with van der Waals surface area (Å²) in [6.07, 6.45) is 0.588. The summed E-state index contributed by atoms with van der Waals surface area (Å²) in [6, 6.07) is 23.0. The van der Waals surface area contributed by atoms with Crippen molar-refractivity contribution in [2.45, 2.75) is 45.8 Å². The fraction of sp³-hybridized carbons (Fsp3) is 0.267. The topological polar surface area (TPSA) is 140 Å². The molecule has 0 aliphatic carbocycles. The van der Waals surface area contributed by atoms with Crippen molar-refractivity contribution in [1.82, 2.24) is 5.32 Å². The molecule has 0 spiro atoms. The summed E-state index contributed by atoms with van der Waals surface area (Å²) < 4.78 is 5.84. The van der Waals surface area contributed by atoms with Gasteiger partial charge in [-0.3, -0.25) is 19.2 Å². The van der Waals surface area contributed by atoms with Crippen molar-refractivity contribution in [2.24, 2.45) is 11.7 Å². The van der Waals surface area contributed by atoms with Gasteiger partial charge in [0, 0.05) is 37.1 Å². The van der Waals surface area contributed by atoms with Gasteiger partial charge in [-0.25, -0.2) is 0 Å². The lowest BCUT2D eigenvalue weighted by Crippen LogP contribution is -2.45. The average Bonchev–Trinajstić information content (AvgIpc) is 2.92. The van der Waals surface area contributed by atoms with Crippen LogP contribution in [0.25, 0.3) is 0 Å². The number of rotatable bonds is 13. The molecule has 39 heavy (non-hydrogen) atoms. The second-order valence-corrected chi connectivity index (χ2v) is 9.33. The summed E-state index contributed by atoms with van der Waals surface area (Å²) in [5.74, 6) is -1.19. The molecule has 204 valence electrons. The first kappa shape index (κ1) is 28.9. The molecule has 4 amide bonds. The van der Waals surface area contributed by atoms with Crippen LogP contribution in [0, 0.1) is 5.92 Å². The third-order valence-electron chi connectivity index (χ3n) is 6.03. The number of benzene rings is 3. The molecule has 3 aromatic rings. The molecule has 3 rings (SSSR count). The molecule has 0 radical (unpaired) electrons. The highest BCUT2D eigenvalue weighted by molar-refractivity contribution is 5.97. The number of anilines is 2. The molecule has 0 heterocycles. The minimum Gasteiger partial charge on any atom is -0.489 e. The van der Waals surface area contributed by atoms with Crippen LogP contribution in [0.2, 0.25) is 0 Å². The first-order valence-electron chi connectivity index (χ1n) is 12.7. The largest absolute Gasteiger partial charge is 0.489 e. The van der Waals surface area contributed by atoms with Gasteiger partial charge in [0.25, 0.3) is 0 Å². The Bertz CT molecular complexity index is 1260. The van der Waals surface area contributed by atoms with Gasteiger partial charge in [0.15, 0.2) is 0 Å². The van der Waals surface area contributed by atoms with Gasteiger partial charge in [-0.1, -0.05) is 49.4 Å². The van der Waals surface area contributed by atoms with E-state index in [0.29, 0.717) is 23.7 Å². The highest BCUT2D eigenvalue weighted by atomic mass is 16.5. The first-order valence-corrected chi connectivity index (χ1v) is 12.7. The van der Waals surface area contributed by atoms with E-state index < -0.39 is 23.8 Å². The fourth-order valence-corrected chi connectivity index (χ4v) is 3.73. The van der Waals surface area contributed by atoms with Crippen molar-refractivity contribution in [2.75, 3.05) is 10.6 Å². The van der Waals surface area contributed by atoms with Gasteiger partial charge in [0.1, 0.15) is 18.4 Å². The van der Waals surface area contributed by atoms with E-state index in [2.05, 4.69) is 16.0 Å². The van der Waals surface area contributed by atoms with Gasteiger partial charge < -0.3 is 26.4 Å². The smallest absolute Gasteiger partial charge is 0.247 e. The number of hydrogen-bond donors (Lipinski definition) is 4. The first-order chi connectivity index (χ1) is 18.7. The van der Waals surface area contributed by atoms with Crippen molar-refractivity contribution in [1.29, 1.82) is 0 Å². The summed E-state index contributed by atoms with van der Waals surface area (Å²) >= 11 is 0. The molecule has 0 aliphatic rings. The number of nitrogens with two attached hydrogens (primary N) is 1. The molecule has 0 saturated heterocycles. The Labute approximate surface area is 228 Å². The highest BCUT2D eigenvalue weighted by Crippen LogP contribution is 2.18. The van der Waals surface area contributed by atoms with Crippen molar-refractivity contribution >= 4 is 35.0 Å². The summed E-state index contributed by atoms with van der Waals surface area (Å²) in [5, 5.41) is 8.27. The lowest BCUT2D eigenvalue weighted by atomic mass is 10.0. The fourth-order valence-electron chi connectivity index (χ4n) is 3.73. The Hall–Kier alpha value is -4.66. The highest BCUT2D eigenvalue weighted by Gasteiger charge is 2.22. The number of nitrogens with one attached hydrogen (secondary N) is 3. The predicted octanol–water partition coefficient (Wildman–Crippen LogP) is 3.79. The number of ether oxygens (including phenoxy) is 1. The van der Waals surface area contributed by atoms with Crippen molar-refractivity contribution in [3.63, 3.8) is 0 Å². The van der Waals surface area contributed by atoms with Crippen LogP contribution in [0.4, 0.5) is 11.4 Å². The molecular weight excluding hydrogens is 496 g/mol. The molecule has 2 unspecified atom stereocenters. The molecule has 0 saturated carbocycles. The quantitative estimate of drug-likeness (QED) is 0.266. The van der Waals surface area contributed by atoms with Crippen LogP contribution in [0.15, 0.2) is 78.9 Å². The van der Waals surface area contributed by atoms with Crippen LogP contribution in [-0.2, 0) is 32.2 Å². The van der Waals surface area contributed by atoms with Crippen LogP contribution in [0.5, 0.6) is 5.75 Å². The van der Waals surface area contributed by atoms with Gasteiger partial charge in [-0.05, 0) is 53.9 Å². The van der Waals surface area contributed by atoms with E-state index in [-0.39, 0.29) is 31.1 Å². The zero-order valence-electron chi connectivity index (χ0n) is 22.1. The van der Waals surface area contributed by atoms with Crippen LogP contribution >= 0.6 is 0 Å². The lowest BCUT2D eigenvalue weighted by molar-refractivity contribution is -0.127. The van der Waals surface area contributed by atoms with Crippen LogP contribution in [0.1, 0.15) is 37.8 Å². The van der Waals surface area contributed by atoms with Gasteiger partial charge in [-0.2, -0.15) is 0 Å². The second kappa shape index (κ2) is 14.3. The molecule has 0 bridgehead atoms. The monoisotopic (exact) mass is 530 g/mol. The maximum Gasteiger partial charge on any atom is 0.247 e. The van der Waals surface area contributed by atoms with Crippen LogP contribution in [-0.4, -0.2) is 29.7 Å². The van der Waals surface area contributed by atoms with E-state index in [1.807, 2.05) is 54.6 Å². The molecule has 9 nitrogen and oxygen atoms in total. The predicted molar refractivity (Wildman–Crippen MR) is 150 cm³/mol. The Morgan fingerprint density at radius 1 is 0.821 bits per heavy atom. The van der Waals surface area contributed by atoms with E-state index in [1.165, 1.54) is 6.92 Å². The maximum atomic E-state index is 13.2. The van der Waals surface area contributed by atoms with E-state index in [9.17, 15) is 19.2 Å². The zero-order chi connectivity index (χ0) is 28.2.